The second-order valence-corrected chi connectivity index (χ2v) is 12.5. The fraction of sp³-hybridized carbons (Fsp3) is 0.500. The number of nitrogens with one attached hydrogen (secondary N) is 1. The number of aryl methyl sites for hydroxylation is 1. The molecule has 36 heavy (non-hydrogen) atoms. The van der Waals surface area contributed by atoms with E-state index >= 15 is 0 Å². The van der Waals surface area contributed by atoms with Gasteiger partial charge in [0, 0.05) is 93.0 Å². The Kier molecular flexibility index (Phi) is 5.12. The van der Waals surface area contributed by atoms with Crippen molar-refractivity contribution in [1.82, 2.24) is 29.1 Å². The Hall–Kier alpha value is -2.66. The maximum Gasteiger partial charge on any atom is 0.227 e. The Morgan fingerprint density at radius 2 is 1.83 bits per heavy atom. The van der Waals surface area contributed by atoms with E-state index in [1.54, 1.807) is 6.26 Å². The van der Waals surface area contributed by atoms with E-state index in [9.17, 15) is 4.21 Å². The number of aromatic nitrogens is 3. The van der Waals surface area contributed by atoms with Crippen molar-refractivity contribution >= 4 is 39.3 Å². The highest BCUT2D eigenvalue weighted by Crippen LogP contribution is 2.42. The SMILES string of the molecule is Cc1cc2cnc(Nc3ccc4c(c3)CN(C3CN(S(C)=O)C3)C4)nc2c(N2CC3(CN(C)C3)C2)n1. The van der Waals surface area contributed by atoms with Crippen LogP contribution in [0.25, 0.3) is 10.9 Å². The Balaban J connectivity index is 1.09. The zero-order valence-corrected chi connectivity index (χ0v) is 21.9. The van der Waals surface area contributed by atoms with E-state index in [0.717, 1.165) is 67.4 Å². The number of anilines is 3. The van der Waals surface area contributed by atoms with Gasteiger partial charge in [-0.05, 0) is 43.3 Å². The summed E-state index contributed by atoms with van der Waals surface area (Å²) in [5, 5.41) is 4.47. The van der Waals surface area contributed by atoms with Gasteiger partial charge in [0.05, 0.1) is 11.0 Å². The average molecular weight is 505 g/mol. The van der Waals surface area contributed by atoms with E-state index in [1.807, 2.05) is 17.4 Å². The predicted molar refractivity (Wildman–Crippen MR) is 143 cm³/mol. The largest absolute Gasteiger partial charge is 0.353 e. The lowest BCUT2D eigenvalue weighted by molar-refractivity contribution is -0.00267. The van der Waals surface area contributed by atoms with Gasteiger partial charge in [-0.3, -0.25) is 4.90 Å². The molecule has 1 unspecified atom stereocenters. The molecule has 7 rings (SSSR count). The molecule has 4 aliphatic rings. The van der Waals surface area contributed by atoms with E-state index in [2.05, 4.69) is 56.3 Å². The highest BCUT2D eigenvalue weighted by atomic mass is 32.2. The molecule has 4 aliphatic heterocycles. The van der Waals surface area contributed by atoms with Crippen LogP contribution in [0.3, 0.4) is 0 Å². The van der Waals surface area contributed by atoms with Crippen LogP contribution in [0.15, 0.2) is 30.5 Å². The number of hydrogen-bond acceptors (Lipinski definition) is 8. The molecule has 6 heterocycles. The van der Waals surface area contributed by atoms with Crippen molar-refractivity contribution in [3.05, 3.63) is 47.3 Å². The van der Waals surface area contributed by atoms with Crippen molar-refractivity contribution in [3.63, 3.8) is 0 Å². The van der Waals surface area contributed by atoms with Crippen LogP contribution in [-0.4, -0.2) is 91.9 Å². The van der Waals surface area contributed by atoms with Crippen LogP contribution >= 0.6 is 0 Å². The van der Waals surface area contributed by atoms with Gasteiger partial charge >= 0.3 is 0 Å². The second kappa shape index (κ2) is 8.17. The molecule has 0 radical (unpaired) electrons. The summed E-state index contributed by atoms with van der Waals surface area (Å²) in [6.45, 7) is 10.1. The molecule has 188 valence electrons. The van der Waals surface area contributed by atoms with Crippen LogP contribution in [0.5, 0.6) is 0 Å². The zero-order valence-electron chi connectivity index (χ0n) is 21.1. The highest BCUT2D eigenvalue weighted by molar-refractivity contribution is 7.81. The van der Waals surface area contributed by atoms with Gasteiger partial charge in [-0.25, -0.2) is 23.5 Å². The van der Waals surface area contributed by atoms with Crippen LogP contribution in [0, 0.1) is 12.3 Å². The van der Waals surface area contributed by atoms with Gasteiger partial charge in [0.15, 0.2) is 5.82 Å². The third-order valence-electron chi connectivity index (χ3n) is 8.16. The third kappa shape index (κ3) is 3.78. The molecule has 2 aromatic heterocycles. The molecular formula is C26H32N8OS. The average Bonchev–Trinajstić information content (AvgIpc) is 3.16. The summed E-state index contributed by atoms with van der Waals surface area (Å²) in [5.41, 5.74) is 6.05. The molecule has 0 aliphatic carbocycles. The summed E-state index contributed by atoms with van der Waals surface area (Å²) in [7, 11) is 1.32. The van der Waals surface area contributed by atoms with Gasteiger partial charge < -0.3 is 15.1 Å². The maximum atomic E-state index is 11.6. The number of hydrogen-bond donors (Lipinski definition) is 1. The first-order valence-corrected chi connectivity index (χ1v) is 14.1. The normalized spacial score (nSPS) is 22.8. The van der Waals surface area contributed by atoms with Gasteiger partial charge in [-0.15, -0.1) is 0 Å². The summed E-state index contributed by atoms with van der Waals surface area (Å²) in [5.74, 6) is 1.57. The van der Waals surface area contributed by atoms with Crippen molar-refractivity contribution in [3.8, 4) is 0 Å². The number of benzene rings is 1. The van der Waals surface area contributed by atoms with Crippen LogP contribution in [-0.2, 0) is 24.1 Å². The summed E-state index contributed by atoms with van der Waals surface area (Å²) in [6.07, 6.45) is 3.67. The molecule has 1 atom stereocenters. The van der Waals surface area contributed by atoms with Crippen molar-refractivity contribution < 1.29 is 4.21 Å². The number of fused-ring (bicyclic) bond motifs is 2. The summed E-state index contributed by atoms with van der Waals surface area (Å²) >= 11 is 0. The quantitative estimate of drug-likeness (QED) is 0.566. The first-order chi connectivity index (χ1) is 17.3. The van der Waals surface area contributed by atoms with Crippen molar-refractivity contribution in [1.29, 1.82) is 0 Å². The van der Waals surface area contributed by atoms with Crippen molar-refractivity contribution in [2.24, 2.45) is 5.41 Å². The van der Waals surface area contributed by atoms with Crippen molar-refractivity contribution in [2.45, 2.75) is 26.1 Å². The Morgan fingerprint density at radius 3 is 2.58 bits per heavy atom. The van der Waals surface area contributed by atoms with Gasteiger partial charge in [0.1, 0.15) is 5.52 Å². The minimum atomic E-state index is -0.864. The summed E-state index contributed by atoms with van der Waals surface area (Å²) in [6, 6.07) is 9.09. The minimum Gasteiger partial charge on any atom is -0.353 e. The van der Waals surface area contributed by atoms with Gasteiger partial charge in [0.2, 0.25) is 5.95 Å². The molecule has 3 saturated heterocycles. The fourth-order valence-corrected chi connectivity index (χ4v) is 7.15. The topological polar surface area (TPSA) is 80.7 Å². The second-order valence-electron chi connectivity index (χ2n) is 11.2. The summed E-state index contributed by atoms with van der Waals surface area (Å²) < 4.78 is 13.7. The standard InChI is InChI=1S/C26H32N8OS/c1-17-6-19-8-27-25(30-23(19)24(28-17)33-15-26(16-33)13-31(2)14-26)29-21-5-4-18-9-32(10-20(18)7-21)22-11-34(12-22)36(3)35/h4-8,22H,9-16H2,1-3H3,(H,27,29,30). The Bertz CT molecular complexity index is 1380. The zero-order chi connectivity index (χ0) is 24.6. The van der Waals surface area contributed by atoms with Gasteiger partial charge in [0.25, 0.3) is 0 Å². The molecule has 0 bridgehead atoms. The lowest BCUT2D eigenvalue weighted by Gasteiger charge is -2.59. The van der Waals surface area contributed by atoms with Crippen molar-refractivity contribution in [2.75, 3.05) is 62.8 Å². The smallest absolute Gasteiger partial charge is 0.227 e. The molecule has 10 heteroatoms. The monoisotopic (exact) mass is 504 g/mol. The van der Waals surface area contributed by atoms with E-state index in [-0.39, 0.29) is 0 Å². The predicted octanol–water partition coefficient (Wildman–Crippen LogP) is 2.12. The molecule has 1 N–H and O–H groups in total. The fourth-order valence-electron chi connectivity index (χ4n) is 6.39. The van der Waals surface area contributed by atoms with Crippen LogP contribution in [0.2, 0.25) is 0 Å². The number of pyridine rings is 1. The van der Waals surface area contributed by atoms with E-state index < -0.39 is 11.0 Å². The Morgan fingerprint density at radius 1 is 1.06 bits per heavy atom. The molecule has 0 amide bonds. The van der Waals surface area contributed by atoms with E-state index in [4.69, 9.17) is 9.97 Å². The lowest BCUT2D eigenvalue weighted by Crippen LogP contribution is -2.71. The Labute approximate surface area is 214 Å². The molecule has 1 spiro atoms. The van der Waals surface area contributed by atoms with E-state index in [0.29, 0.717) is 17.4 Å². The molecule has 3 aromatic rings. The first-order valence-electron chi connectivity index (χ1n) is 12.6. The molecule has 1 aromatic carbocycles. The number of likely N-dealkylation sites (tertiary alicyclic amines) is 1. The lowest BCUT2D eigenvalue weighted by atomic mass is 9.73. The number of nitrogens with zero attached hydrogens (tertiary/aromatic N) is 7. The maximum absolute atomic E-state index is 11.6. The third-order valence-corrected chi connectivity index (χ3v) is 9.18. The molecular weight excluding hydrogens is 472 g/mol. The summed E-state index contributed by atoms with van der Waals surface area (Å²) in [4.78, 5) is 21.7. The van der Waals surface area contributed by atoms with E-state index in [1.165, 1.54) is 24.2 Å². The van der Waals surface area contributed by atoms with Crippen LogP contribution in [0.1, 0.15) is 16.8 Å². The minimum absolute atomic E-state index is 0.435. The highest BCUT2D eigenvalue weighted by Gasteiger charge is 2.51. The first kappa shape index (κ1) is 22.5. The molecule has 3 fully saturated rings. The number of rotatable bonds is 5. The van der Waals surface area contributed by atoms with Crippen LogP contribution in [0.4, 0.5) is 17.5 Å². The molecule has 0 saturated carbocycles. The van der Waals surface area contributed by atoms with Gasteiger partial charge in [-0.1, -0.05) is 6.07 Å². The van der Waals surface area contributed by atoms with Gasteiger partial charge in [-0.2, -0.15) is 0 Å². The molecule has 9 nitrogen and oxygen atoms in total. The van der Waals surface area contributed by atoms with Crippen LogP contribution < -0.4 is 10.2 Å².